The first-order valence-corrected chi connectivity index (χ1v) is 4.63. The van der Waals surface area contributed by atoms with Gasteiger partial charge in [0.25, 0.3) is 0 Å². The molecule has 0 unspecified atom stereocenters. The minimum atomic E-state index is -0.335. The van der Waals surface area contributed by atoms with Gasteiger partial charge in [0, 0.05) is 4.47 Å². The number of aliphatic hydroxyl groups excluding tert-OH is 1. The molecule has 0 amide bonds. The summed E-state index contributed by atoms with van der Waals surface area (Å²) in [7, 11) is 0. The molecule has 0 saturated heterocycles. The summed E-state index contributed by atoms with van der Waals surface area (Å²) in [4.78, 5) is 0. The predicted octanol–water partition coefficient (Wildman–Crippen LogP) is 2.52. The van der Waals surface area contributed by atoms with Crippen LogP contribution in [0.1, 0.15) is 11.6 Å². The lowest BCUT2D eigenvalue weighted by Gasteiger charge is -2.08. The number of nitrogens with two attached hydrogens (primary N) is 1. The maximum absolute atomic E-state index is 8.78. The smallest absolute Gasteiger partial charge is 0.0624 e. The Morgan fingerprint density at radius 1 is 1.54 bits per heavy atom. The Kier molecular flexibility index (Phi) is 5.92. The highest BCUT2D eigenvalue weighted by molar-refractivity contribution is 9.10. The lowest BCUT2D eigenvalue weighted by atomic mass is 10.1. The van der Waals surface area contributed by atoms with Crippen molar-refractivity contribution < 1.29 is 5.11 Å². The van der Waals surface area contributed by atoms with Crippen LogP contribution in [0.5, 0.6) is 0 Å². The Bertz CT molecular complexity index is 283. The van der Waals surface area contributed by atoms with Crippen molar-refractivity contribution in [1.82, 2.24) is 0 Å². The molecule has 1 aromatic carbocycles. The molecule has 0 aliphatic heterocycles. The van der Waals surface area contributed by atoms with E-state index in [2.05, 4.69) is 15.9 Å². The topological polar surface area (TPSA) is 46.2 Å². The van der Waals surface area contributed by atoms with Gasteiger partial charge in [0.1, 0.15) is 0 Å². The predicted molar refractivity (Wildman–Crippen MR) is 60.4 cm³/mol. The van der Waals surface area contributed by atoms with Gasteiger partial charge in [0.2, 0.25) is 0 Å². The van der Waals surface area contributed by atoms with Crippen LogP contribution in [-0.4, -0.2) is 11.7 Å². The van der Waals surface area contributed by atoms with Crippen LogP contribution >= 0.6 is 39.9 Å². The summed E-state index contributed by atoms with van der Waals surface area (Å²) in [6.45, 7) is -0.0614. The first kappa shape index (κ1) is 13.2. The van der Waals surface area contributed by atoms with E-state index in [-0.39, 0.29) is 25.1 Å². The molecule has 2 nitrogen and oxygen atoms in total. The zero-order valence-electron chi connectivity index (χ0n) is 6.71. The first-order chi connectivity index (χ1) is 5.65. The zero-order valence-corrected chi connectivity index (χ0v) is 9.86. The second-order valence-corrected chi connectivity index (χ2v) is 3.72. The summed E-state index contributed by atoms with van der Waals surface area (Å²) < 4.78 is 0.797. The SMILES string of the molecule is Cl.N[C@@H](CO)c1ccc(Cl)c(Br)c1. The highest BCUT2D eigenvalue weighted by atomic mass is 79.9. The van der Waals surface area contributed by atoms with E-state index in [0.717, 1.165) is 10.0 Å². The summed E-state index contributed by atoms with van der Waals surface area (Å²) in [5, 5.41) is 9.42. The average molecular weight is 287 g/mol. The van der Waals surface area contributed by atoms with E-state index in [0.29, 0.717) is 5.02 Å². The van der Waals surface area contributed by atoms with Crippen molar-refractivity contribution in [3.8, 4) is 0 Å². The second-order valence-electron chi connectivity index (χ2n) is 2.46. The fourth-order valence-corrected chi connectivity index (χ4v) is 1.36. The van der Waals surface area contributed by atoms with E-state index >= 15 is 0 Å². The number of halogens is 3. The molecule has 3 N–H and O–H groups in total. The van der Waals surface area contributed by atoms with Crippen LogP contribution in [0.15, 0.2) is 22.7 Å². The molecule has 1 aromatic rings. The molecule has 0 spiro atoms. The molecule has 1 rings (SSSR count). The Hall–Kier alpha value is 0.200. The van der Waals surface area contributed by atoms with E-state index in [9.17, 15) is 0 Å². The van der Waals surface area contributed by atoms with Crippen LogP contribution in [0.3, 0.4) is 0 Å². The van der Waals surface area contributed by atoms with Crippen molar-refractivity contribution in [3.05, 3.63) is 33.3 Å². The zero-order chi connectivity index (χ0) is 9.14. The van der Waals surface area contributed by atoms with E-state index in [1.54, 1.807) is 12.1 Å². The molecule has 0 aliphatic rings. The molecule has 0 bridgehead atoms. The van der Waals surface area contributed by atoms with Crippen molar-refractivity contribution in [3.63, 3.8) is 0 Å². The summed E-state index contributed by atoms with van der Waals surface area (Å²) in [5.74, 6) is 0. The molecule has 0 aromatic heterocycles. The molecular weight excluding hydrogens is 277 g/mol. The van der Waals surface area contributed by atoms with Gasteiger partial charge in [-0.2, -0.15) is 0 Å². The van der Waals surface area contributed by atoms with Crippen LogP contribution in [0.2, 0.25) is 5.02 Å². The number of hydrogen-bond acceptors (Lipinski definition) is 2. The van der Waals surface area contributed by atoms with Gasteiger partial charge >= 0.3 is 0 Å². The fraction of sp³-hybridized carbons (Fsp3) is 0.250. The maximum Gasteiger partial charge on any atom is 0.0624 e. The molecular formula is C8H10BrCl2NO. The van der Waals surface area contributed by atoms with Gasteiger partial charge in [0.15, 0.2) is 0 Å². The van der Waals surface area contributed by atoms with Crippen LogP contribution in [0.25, 0.3) is 0 Å². The van der Waals surface area contributed by atoms with Crippen LogP contribution in [0, 0.1) is 0 Å². The van der Waals surface area contributed by atoms with E-state index in [1.165, 1.54) is 0 Å². The maximum atomic E-state index is 8.78. The van der Waals surface area contributed by atoms with Crippen molar-refractivity contribution in [2.75, 3.05) is 6.61 Å². The van der Waals surface area contributed by atoms with Gasteiger partial charge in [-0.15, -0.1) is 12.4 Å². The summed E-state index contributed by atoms with van der Waals surface area (Å²) >= 11 is 9.05. The third-order valence-corrected chi connectivity index (χ3v) is 2.78. The molecule has 1 atom stereocenters. The van der Waals surface area contributed by atoms with Gasteiger partial charge in [0.05, 0.1) is 17.7 Å². The third kappa shape index (κ3) is 3.44. The van der Waals surface area contributed by atoms with Gasteiger partial charge in [-0.05, 0) is 33.6 Å². The van der Waals surface area contributed by atoms with Crippen LogP contribution in [-0.2, 0) is 0 Å². The molecule has 0 saturated carbocycles. The average Bonchev–Trinajstić information content (AvgIpc) is 2.08. The molecule has 0 heterocycles. The van der Waals surface area contributed by atoms with Crippen LogP contribution < -0.4 is 5.73 Å². The molecule has 0 fully saturated rings. The standard InChI is InChI=1S/C8H9BrClNO.ClH/c9-6-3-5(8(11)4-12)1-2-7(6)10;/h1-3,8,12H,4,11H2;1H/t8-;/m0./s1. The Labute approximate surface area is 96.6 Å². The highest BCUT2D eigenvalue weighted by Crippen LogP contribution is 2.25. The summed E-state index contributed by atoms with van der Waals surface area (Å²) in [5.41, 5.74) is 6.47. The second kappa shape index (κ2) is 5.83. The quantitative estimate of drug-likeness (QED) is 0.878. The largest absolute Gasteiger partial charge is 0.394 e. The van der Waals surface area contributed by atoms with Crippen molar-refractivity contribution >= 4 is 39.9 Å². The van der Waals surface area contributed by atoms with E-state index in [4.69, 9.17) is 22.4 Å². The van der Waals surface area contributed by atoms with Gasteiger partial charge in [-0.1, -0.05) is 17.7 Å². The highest BCUT2D eigenvalue weighted by Gasteiger charge is 2.05. The number of aliphatic hydroxyl groups is 1. The number of rotatable bonds is 2. The third-order valence-electron chi connectivity index (χ3n) is 1.57. The molecule has 5 heteroatoms. The van der Waals surface area contributed by atoms with E-state index < -0.39 is 0 Å². The Balaban J connectivity index is 0.00000144. The minimum absolute atomic E-state index is 0. The van der Waals surface area contributed by atoms with Crippen molar-refractivity contribution in [2.24, 2.45) is 5.73 Å². The Morgan fingerprint density at radius 2 is 2.15 bits per heavy atom. The number of hydrogen-bond donors (Lipinski definition) is 2. The molecule has 74 valence electrons. The Morgan fingerprint density at radius 3 is 2.62 bits per heavy atom. The summed E-state index contributed by atoms with van der Waals surface area (Å²) in [6.07, 6.45) is 0. The minimum Gasteiger partial charge on any atom is -0.394 e. The lowest BCUT2D eigenvalue weighted by molar-refractivity contribution is 0.268. The van der Waals surface area contributed by atoms with Crippen molar-refractivity contribution in [1.29, 1.82) is 0 Å². The molecule has 13 heavy (non-hydrogen) atoms. The lowest BCUT2D eigenvalue weighted by Crippen LogP contribution is -2.14. The molecule has 0 radical (unpaired) electrons. The summed E-state index contributed by atoms with van der Waals surface area (Å²) in [6, 6.07) is 5.02. The normalized spacial score (nSPS) is 12.0. The fourth-order valence-electron chi connectivity index (χ4n) is 0.848. The van der Waals surface area contributed by atoms with Crippen molar-refractivity contribution in [2.45, 2.75) is 6.04 Å². The monoisotopic (exact) mass is 285 g/mol. The van der Waals surface area contributed by atoms with Gasteiger partial charge < -0.3 is 10.8 Å². The number of benzene rings is 1. The van der Waals surface area contributed by atoms with Crippen LogP contribution in [0.4, 0.5) is 0 Å². The van der Waals surface area contributed by atoms with E-state index in [1.807, 2.05) is 6.07 Å². The first-order valence-electron chi connectivity index (χ1n) is 3.46. The van der Waals surface area contributed by atoms with Gasteiger partial charge in [-0.25, -0.2) is 0 Å². The van der Waals surface area contributed by atoms with Gasteiger partial charge in [-0.3, -0.25) is 0 Å². The molecule has 0 aliphatic carbocycles.